The zero-order chi connectivity index (χ0) is 14.5. The number of aromatic nitrogens is 1. The van der Waals surface area contributed by atoms with Crippen molar-refractivity contribution in [2.45, 2.75) is 26.7 Å². The van der Waals surface area contributed by atoms with Crippen molar-refractivity contribution in [1.82, 2.24) is 4.98 Å². The number of amides is 1. The number of halogens is 1. The number of nitrogens with one attached hydrogen (secondary N) is 1. The molecule has 2 rings (SSSR count). The van der Waals surface area contributed by atoms with Crippen LogP contribution in [0.2, 0.25) is 0 Å². The van der Waals surface area contributed by atoms with E-state index in [-0.39, 0.29) is 18.3 Å². The molecule has 21 heavy (non-hydrogen) atoms. The Morgan fingerprint density at radius 3 is 2.86 bits per heavy atom. The molecule has 0 saturated heterocycles. The van der Waals surface area contributed by atoms with Crippen molar-refractivity contribution < 1.29 is 4.79 Å². The maximum absolute atomic E-state index is 12.3. The van der Waals surface area contributed by atoms with Crippen LogP contribution in [0, 0.1) is 6.92 Å². The molecule has 3 N–H and O–H groups in total. The minimum atomic E-state index is -0.159. The fourth-order valence-corrected chi connectivity index (χ4v) is 2.83. The van der Waals surface area contributed by atoms with E-state index in [9.17, 15) is 4.79 Å². The van der Waals surface area contributed by atoms with Crippen LogP contribution in [0.15, 0.2) is 23.6 Å². The third kappa shape index (κ3) is 4.27. The molecule has 1 aromatic carbocycles. The number of rotatable bonds is 5. The summed E-state index contributed by atoms with van der Waals surface area (Å²) in [4.78, 5) is 16.6. The molecule has 0 bridgehead atoms. The fourth-order valence-electron chi connectivity index (χ4n) is 2.03. The van der Waals surface area contributed by atoms with E-state index in [0.717, 1.165) is 28.2 Å². The van der Waals surface area contributed by atoms with Crippen LogP contribution in [-0.2, 0) is 12.8 Å². The monoisotopic (exact) mass is 325 g/mol. The summed E-state index contributed by atoms with van der Waals surface area (Å²) >= 11 is 1.48. The van der Waals surface area contributed by atoms with Crippen molar-refractivity contribution in [3.63, 3.8) is 0 Å². The first-order valence-electron chi connectivity index (χ1n) is 6.70. The first-order valence-corrected chi connectivity index (χ1v) is 7.58. The smallest absolute Gasteiger partial charge is 0.275 e. The third-order valence-electron chi connectivity index (χ3n) is 3.12. The van der Waals surface area contributed by atoms with E-state index in [1.807, 2.05) is 25.1 Å². The number of nitrogens with two attached hydrogens (primary N) is 1. The molecule has 0 radical (unpaired) electrons. The van der Waals surface area contributed by atoms with Gasteiger partial charge in [-0.2, -0.15) is 0 Å². The van der Waals surface area contributed by atoms with Gasteiger partial charge in [-0.05, 0) is 31.0 Å². The zero-order valence-electron chi connectivity index (χ0n) is 12.2. The standard InChI is InChI=1S/C15H19N3OS.ClH/c1-3-11-6-4-5-10(2)14(11)18-15(19)12-9-20-13(17-12)7-8-16;/h4-6,9H,3,7-8,16H2,1-2H3,(H,18,19);1H. The lowest BCUT2D eigenvalue weighted by Crippen LogP contribution is -2.15. The van der Waals surface area contributed by atoms with Crippen molar-refractivity contribution in [3.05, 3.63) is 45.4 Å². The van der Waals surface area contributed by atoms with Gasteiger partial charge in [0.05, 0.1) is 5.01 Å². The van der Waals surface area contributed by atoms with Crippen LogP contribution in [0.5, 0.6) is 0 Å². The number of hydrogen-bond donors (Lipinski definition) is 2. The number of anilines is 1. The normalized spacial score (nSPS) is 10.0. The van der Waals surface area contributed by atoms with Gasteiger partial charge in [-0.3, -0.25) is 4.79 Å². The Bertz CT molecular complexity index is 613. The Hall–Kier alpha value is -1.43. The lowest BCUT2D eigenvalue weighted by atomic mass is 10.1. The number of hydrogen-bond acceptors (Lipinski definition) is 4. The SMILES string of the molecule is CCc1cccc(C)c1NC(=O)c1csc(CCN)n1.Cl. The average Bonchev–Trinajstić information content (AvgIpc) is 2.90. The Morgan fingerprint density at radius 1 is 1.43 bits per heavy atom. The molecule has 0 aliphatic rings. The molecule has 0 aliphatic heterocycles. The van der Waals surface area contributed by atoms with Crippen LogP contribution in [0.1, 0.15) is 33.5 Å². The molecule has 6 heteroatoms. The fraction of sp³-hybridized carbons (Fsp3) is 0.333. The van der Waals surface area contributed by atoms with E-state index in [1.54, 1.807) is 5.38 Å². The number of para-hydroxylation sites is 1. The minimum absolute atomic E-state index is 0. The Morgan fingerprint density at radius 2 is 2.19 bits per heavy atom. The summed E-state index contributed by atoms with van der Waals surface area (Å²) in [6.45, 7) is 4.62. The molecule has 1 amide bonds. The summed E-state index contributed by atoms with van der Waals surface area (Å²) in [5.41, 5.74) is 9.05. The van der Waals surface area contributed by atoms with Crippen molar-refractivity contribution in [1.29, 1.82) is 0 Å². The predicted octanol–water partition coefficient (Wildman–Crippen LogP) is 3.19. The van der Waals surface area contributed by atoms with E-state index in [0.29, 0.717) is 18.7 Å². The Labute approximate surface area is 135 Å². The molecular formula is C15H20ClN3OS. The lowest BCUT2D eigenvalue weighted by molar-refractivity contribution is 0.102. The molecule has 0 atom stereocenters. The predicted molar refractivity (Wildman–Crippen MR) is 90.6 cm³/mol. The van der Waals surface area contributed by atoms with Crippen molar-refractivity contribution in [2.75, 3.05) is 11.9 Å². The highest BCUT2D eigenvalue weighted by Crippen LogP contribution is 2.22. The molecule has 0 fully saturated rings. The molecule has 2 aromatic rings. The van der Waals surface area contributed by atoms with Gasteiger partial charge in [0.1, 0.15) is 5.69 Å². The molecule has 1 aromatic heterocycles. The van der Waals surface area contributed by atoms with Crippen LogP contribution in [-0.4, -0.2) is 17.4 Å². The molecule has 1 heterocycles. The zero-order valence-corrected chi connectivity index (χ0v) is 13.8. The molecular weight excluding hydrogens is 306 g/mol. The van der Waals surface area contributed by atoms with E-state index in [4.69, 9.17) is 5.73 Å². The quantitative estimate of drug-likeness (QED) is 0.887. The van der Waals surface area contributed by atoms with Gasteiger partial charge < -0.3 is 11.1 Å². The van der Waals surface area contributed by atoms with Crippen LogP contribution in [0.3, 0.4) is 0 Å². The van der Waals surface area contributed by atoms with Crippen molar-refractivity contribution in [2.24, 2.45) is 5.73 Å². The molecule has 0 unspecified atom stereocenters. The second kappa shape index (κ2) is 8.12. The van der Waals surface area contributed by atoms with Gasteiger partial charge in [0.2, 0.25) is 0 Å². The Balaban J connectivity index is 0.00000220. The average molecular weight is 326 g/mol. The lowest BCUT2D eigenvalue weighted by Gasteiger charge is -2.11. The van der Waals surface area contributed by atoms with Gasteiger partial charge in [0.25, 0.3) is 5.91 Å². The van der Waals surface area contributed by atoms with Crippen molar-refractivity contribution in [3.8, 4) is 0 Å². The number of carbonyl (C=O) groups is 1. The number of carbonyl (C=O) groups excluding carboxylic acids is 1. The molecule has 114 valence electrons. The van der Waals surface area contributed by atoms with Crippen LogP contribution >= 0.6 is 23.7 Å². The first-order chi connectivity index (χ1) is 9.65. The second-order valence-electron chi connectivity index (χ2n) is 4.58. The van der Waals surface area contributed by atoms with E-state index < -0.39 is 0 Å². The van der Waals surface area contributed by atoms with Crippen LogP contribution in [0.4, 0.5) is 5.69 Å². The summed E-state index contributed by atoms with van der Waals surface area (Å²) in [5.74, 6) is -0.159. The maximum Gasteiger partial charge on any atom is 0.275 e. The van der Waals surface area contributed by atoms with Crippen molar-refractivity contribution >= 4 is 35.3 Å². The van der Waals surface area contributed by atoms with Gasteiger partial charge in [0, 0.05) is 17.5 Å². The largest absolute Gasteiger partial charge is 0.330 e. The van der Waals surface area contributed by atoms with Gasteiger partial charge in [-0.1, -0.05) is 25.1 Å². The van der Waals surface area contributed by atoms with E-state index in [2.05, 4.69) is 17.2 Å². The number of benzene rings is 1. The molecule has 0 spiro atoms. The molecule has 0 saturated carbocycles. The van der Waals surface area contributed by atoms with Crippen LogP contribution in [0.25, 0.3) is 0 Å². The summed E-state index contributed by atoms with van der Waals surface area (Å²) < 4.78 is 0. The highest BCUT2D eigenvalue weighted by Gasteiger charge is 2.13. The van der Waals surface area contributed by atoms with Gasteiger partial charge in [0.15, 0.2) is 0 Å². The highest BCUT2D eigenvalue weighted by atomic mass is 35.5. The van der Waals surface area contributed by atoms with Crippen LogP contribution < -0.4 is 11.1 Å². The summed E-state index contributed by atoms with van der Waals surface area (Å²) in [6.07, 6.45) is 1.59. The van der Waals surface area contributed by atoms with Gasteiger partial charge >= 0.3 is 0 Å². The minimum Gasteiger partial charge on any atom is -0.330 e. The Kier molecular flexibility index (Phi) is 6.81. The molecule has 4 nitrogen and oxygen atoms in total. The van der Waals surface area contributed by atoms with Gasteiger partial charge in [-0.15, -0.1) is 23.7 Å². The second-order valence-corrected chi connectivity index (χ2v) is 5.52. The van der Waals surface area contributed by atoms with E-state index in [1.165, 1.54) is 11.3 Å². The van der Waals surface area contributed by atoms with E-state index >= 15 is 0 Å². The topological polar surface area (TPSA) is 68.0 Å². The number of nitrogens with zero attached hydrogens (tertiary/aromatic N) is 1. The summed E-state index contributed by atoms with van der Waals surface area (Å²) in [7, 11) is 0. The number of thiazole rings is 1. The first kappa shape index (κ1) is 17.6. The summed E-state index contributed by atoms with van der Waals surface area (Å²) in [5, 5.41) is 5.66. The number of aryl methyl sites for hydroxylation is 2. The molecule has 0 aliphatic carbocycles. The maximum atomic E-state index is 12.3. The highest BCUT2D eigenvalue weighted by molar-refractivity contribution is 7.09. The third-order valence-corrected chi connectivity index (χ3v) is 4.03. The van der Waals surface area contributed by atoms with Gasteiger partial charge in [-0.25, -0.2) is 4.98 Å². The summed E-state index contributed by atoms with van der Waals surface area (Å²) in [6, 6.07) is 6.03.